The predicted molar refractivity (Wildman–Crippen MR) is 85.8 cm³/mol. The van der Waals surface area contributed by atoms with E-state index in [1.165, 1.54) is 37.0 Å². The van der Waals surface area contributed by atoms with Gasteiger partial charge in [-0.2, -0.15) is 13.2 Å². The highest BCUT2D eigenvalue weighted by molar-refractivity contribution is 5.36. The minimum absolute atomic E-state index is 0.190. The molecule has 0 saturated heterocycles. The lowest BCUT2D eigenvalue weighted by Gasteiger charge is -2.10. The van der Waals surface area contributed by atoms with Gasteiger partial charge in [-0.15, -0.1) is 0 Å². The summed E-state index contributed by atoms with van der Waals surface area (Å²) in [5.74, 6) is 0.733. The molecule has 0 fully saturated rings. The molecule has 0 heterocycles. The molecule has 0 unspecified atom stereocenters. The second-order valence-corrected chi connectivity index (χ2v) is 5.58. The van der Waals surface area contributed by atoms with Crippen LogP contribution in [0.4, 0.5) is 13.2 Å². The maximum absolute atomic E-state index is 12.7. The van der Waals surface area contributed by atoms with Crippen molar-refractivity contribution < 1.29 is 17.9 Å². The van der Waals surface area contributed by atoms with Crippen molar-refractivity contribution >= 4 is 0 Å². The lowest BCUT2D eigenvalue weighted by Crippen LogP contribution is -2.04. The van der Waals surface area contributed by atoms with Gasteiger partial charge in [-0.25, -0.2) is 0 Å². The van der Waals surface area contributed by atoms with E-state index in [4.69, 9.17) is 4.74 Å². The zero-order chi connectivity index (χ0) is 16.7. The van der Waals surface area contributed by atoms with Gasteiger partial charge in [0, 0.05) is 0 Å². The highest BCUT2D eigenvalue weighted by Crippen LogP contribution is 2.32. The highest BCUT2D eigenvalue weighted by Gasteiger charge is 2.30. The van der Waals surface area contributed by atoms with Crippen molar-refractivity contribution in [2.45, 2.75) is 45.2 Å². The summed E-state index contributed by atoms with van der Waals surface area (Å²) >= 11 is 0. The average molecular weight is 322 g/mol. The molecule has 1 nitrogen and oxygen atoms in total. The van der Waals surface area contributed by atoms with E-state index in [1.54, 1.807) is 12.1 Å². The molecule has 2 aromatic rings. The van der Waals surface area contributed by atoms with Gasteiger partial charge in [0.15, 0.2) is 0 Å². The third kappa shape index (κ3) is 5.62. The van der Waals surface area contributed by atoms with E-state index >= 15 is 0 Å². The fraction of sp³-hybridized carbons (Fsp3) is 0.368. The molecule has 0 amide bonds. The molecule has 2 aromatic carbocycles. The van der Waals surface area contributed by atoms with Crippen LogP contribution < -0.4 is 4.74 Å². The van der Waals surface area contributed by atoms with Crippen molar-refractivity contribution in [3.05, 3.63) is 59.7 Å². The van der Waals surface area contributed by atoms with E-state index in [-0.39, 0.29) is 5.75 Å². The minimum Gasteiger partial charge on any atom is -0.457 e. The summed E-state index contributed by atoms with van der Waals surface area (Å²) < 4.78 is 43.5. The molecule has 0 spiro atoms. The summed E-state index contributed by atoms with van der Waals surface area (Å²) in [6.07, 6.45) is 1.49. The number of halogens is 3. The Morgan fingerprint density at radius 3 is 2.26 bits per heavy atom. The second kappa shape index (κ2) is 8.04. The molecular weight excluding hydrogens is 301 g/mol. The number of ether oxygens (including phenoxy) is 1. The van der Waals surface area contributed by atoms with Gasteiger partial charge in [0.1, 0.15) is 11.5 Å². The first-order valence-corrected chi connectivity index (χ1v) is 7.93. The maximum atomic E-state index is 12.7. The third-order valence-electron chi connectivity index (χ3n) is 3.64. The fourth-order valence-electron chi connectivity index (χ4n) is 2.35. The lowest BCUT2D eigenvalue weighted by atomic mass is 10.1. The van der Waals surface area contributed by atoms with Crippen LogP contribution in [0.1, 0.15) is 43.7 Å². The molecule has 0 radical (unpaired) electrons. The predicted octanol–water partition coefficient (Wildman–Crippen LogP) is 6.62. The molecule has 4 heteroatoms. The Morgan fingerprint density at radius 2 is 1.61 bits per heavy atom. The Labute approximate surface area is 135 Å². The first-order valence-electron chi connectivity index (χ1n) is 7.93. The standard InChI is InChI=1S/C19H21F3O/c1-2-3-4-5-7-15-10-12-17(13-11-15)23-18-9-6-8-16(14-18)19(20,21)22/h6,8-14H,2-5,7H2,1H3. The molecule has 0 saturated carbocycles. The van der Waals surface area contributed by atoms with Crippen LogP contribution in [-0.2, 0) is 12.6 Å². The molecule has 0 aliphatic heterocycles. The number of hydrogen-bond acceptors (Lipinski definition) is 1. The Kier molecular flexibility index (Phi) is 6.08. The Bertz CT molecular complexity index is 603. The normalized spacial score (nSPS) is 11.5. The van der Waals surface area contributed by atoms with E-state index in [9.17, 15) is 13.2 Å². The lowest BCUT2D eigenvalue weighted by molar-refractivity contribution is -0.137. The summed E-state index contributed by atoms with van der Waals surface area (Å²) in [6, 6.07) is 12.5. The SMILES string of the molecule is CCCCCCc1ccc(Oc2cccc(C(F)(F)F)c2)cc1. The zero-order valence-corrected chi connectivity index (χ0v) is 13.2. The van der Waals surface area contributed by atoms with E-state index < -0.39 is 11.7 Å². The van der Waals surface area contributed by atoms with Gasteiger partial charge < -0.3 is 4.74 Å². The maximum Gasteiger partial charge on any atom is 0.416 e. The van der Waals surface area contributed by atoms with Crippen LogP contribution in [0, 0.1) is 0 Å². The number of rotatable bonds is 7. The van der Waals surface area contributed by atoms with Gasteiger partial charge >= 0.3 is 6.18 Å². The minimum atomic E-state index is -4.36. The number of hydrogen-bond donors (Lipinski definition) is 0. The first-order chi connectivity index (χ1) is 11.0. The largest absolute Gasteiger partial charge is 0.457 e. The van der Waals surface area contributed by atoms with Gasteiger partial charge in [-0.05, 0) is 48.7 Å². The van der Waals surface area contributed by atoms with Crippen LogP contribution in [0.3, 0.4) is 0 Å². The van der Waals surface area contributed by atoms with Crippen molar-refractivity contribution in [1.29, 1.82) is 0 Å². The summed E-state index contributed by atoms with van der Waals surface area (Å²) in [5, 5.41) is 0. The Hall–Kier alpha value is -1.97. The second-order valence-electron chi connectivity index (χ2n) is 5.58. The number of aryl methyl sites for hydroxylation is 1. The number of unbranched alkanes of at least 4 members (excludes halogenated alkanes) is 3. The summed E-state index contributed by atoms with van der Waals surface area (Å²) in [7, 11) is 0. The van der Waals surface area contributed by atoms with Crippen LogP contribution >= 0.6 is 0 Å². The molecule has 0 aliphatic rings. The molecule has 2 rings (SSSR count). The van der Waals surface area contributed by atoms with Gasteiger partial charge in [-0.1, -0.05) is 44.4 Å². The van der Waals surface area contributed by atoms with Gasteiger partial charge in [0.2, 0.25) is 0 Å². The van der Waals surface area contributed by atoms with Crippen molar-refractivity contribution in [2.75, 3.05) is 0 Å². The molecule has 23 heavy (non-hydrogen) atoms. The zero-order valence-electron chi connectivity index (χ0n) is 13.2. The van der Waals surface area contributed by atoms with Crippen LogP contribution in [0.2, 0.25) is 0 Å². The van der Waals surface area contributed by atoms with Gasteiger partial charge in [-0.3, -0.25) is 0 Å². The first kappa shape index (κ1) is 17.4. The smallest absolute Gasteiger partial charge is 0.416 e. The average Bonchev–Trinajstić information content (AvgIpc) is 2.53. The monoisotopic (exact) mass is 322 g/mol. The van der Waals surface area contributed by atoms with Crippen molar-refractivity contribution in [3.63, 3.8) is 0 Å². The van der Waals surface area contributed by atoms with E-state index in [0.29, 0.717) is 5.75 Å². The molecule has 124 valence electrons. The summed E-state index contributed by atoms with van der Waals surface area (Å²) in [5.41, 5.74) is 0.514. The molecule has 0 atom stereocenters. The van der Waals surface area contributed by atoms with Crippen LogP contribution in [0.25, 0.3) is 0 Å². The third-order valence-corrected chi connectivity index (χ3v) is 3.64. The van der Waals surface area contributed by atoms with Crippen molar-refractivity contribution in [1.82, 2.24) is 0 Å². The quantitative estimate of drug-likeness (QED) is 0.520. The van der Waals surface area contributed by atoms with Crippen LogP contribution in [-0.4, -0.2) is 0 Å². The van der Waals surface area contributed by atoms with Gasteiger partial charge in [0.05, 0.1) is 5.56 Å². The number of benzene rings is 2. The number of alkyl halides is 3. The van der Waals surface area contributed by atoms with Crippen LogP contribution in [0.15, 0.2) is 48.5 Å². The van der Waals surface area contributed by atoms with E-state index in [1.807, 2.05) is 12.1 Å². The van der Waals surface area contributed by atoms with Gasteiger partial charge in [0.25, 0.3) is 0 Å². The topological polar surface area (TPSA) is 9.23 Å². The van der Waals surface area contributed by atoms with Crippen molar-refractivity contribution in [2.24, 2.45) is 0 Å². The summed E-state index contributed by atoms with van der Waals surface area (Å²) in [6.45, 7) is 2.18. The molecule has 0 aromatic heterocycles. The van der Waals surface area contributed by atoms with E-state index in [2.05, 4.69) is 6.92 Å². The molecule has 0 bridgehead atoms. The molecule has 0 N–H and O–H groups in total. The Balaban J connectivity index is 1.96. The molecular formula is C19H21F3O. The summed E-state index contributed by atoms with van der Waals surface area (Å²) in [4.78, 5) is 0. The van der Waals surface area contributed by atoms with E-state index in [0.717, 1.165) is 25.0 Å². The Morgan fingerprint density at radius 1 is 0.870 bits per heavy atom. The van der Waals surface area contributed by atoms with Crippen LogP contribution in [0.5, 0.6) is 11.5 Å². The highest BCUT2D eigenvalue weighted by atomic mass is 19.4. The van der Waals surface area contributed by atoms with Crippen molar-refractivity contribution in [3.8, 4) is 11.5 Å². The fourth-order valence-corrected chi connectivity index (χ4v) is 2.35. The molecule has 0 aliphatic carbocycles.